The SMILES string of the molecule is CC.CC.CC.CC.CN(c1ccccc1)c1ccccc1.c1ccc(N(c2ccccc2)c2ccccc2)cc1. The number of hydrogen-bond donors (Lipinski definition) is 0. The highest BCUT2D eigenvalue weighted by atomic mass is 15.1. The van der Waals surface area contributed by atoms with E-state index >= 15 is 0 Å². The first kappa shape index (κ1) is 36.7. The minimum absolute atomic E-state index is 1.17. The van der Waals surface area contributed by atoms with Gasteiger partial charge < -0.3 is 9.80 Å². The Balaban J connectivity index is 0.000000645. The number of hydrogen-bond acceptors (Lipinski definition) is 2. The molecule has 0 aliphatic rings. The summed E-state index contributed by atoms with van der Waals surface area (Å²) in [5, 5.41) is 0. The molecule has 5 rings (SSSR count). The Bertz CT molecular complexity index is 1060. The van der Waals surface area contributed by atoms with Crippen LogP contribution in [-0.2, 0) is 0 Å². The van der Waals surface area contributed by atoms with Gasteiger partial charge in [0.05, 0.1) is 0 Å². The average Bonchev–Trinajstić information content (AvgIpc) is 3.11. The van der Waals surface area contributed by atoms with Crippen LogP contribution in [0.1, 0.15) is 55.4 Å². The molecule has 0 saturated heterocycles. The first-order valence-electron chi connectivity index (χ1n) is 15.1. The highest BCUT2D eigenvalue weighted by molar-refractivity contribution is 5.76. The Morgan fingerprint density at radius 2 is 0.439 bits per heavy atom. The molecule has 0 spiro atoms. The number of benzene rings is 5. The molecule has 0 aliphatic heterocycles. The second kappa shape index (κ2) is 24.7. The fourth-order valence-corrected chi connectivity index (χ4v) is 3.63. The van der Waals surface area contributed by atoms with E-state index < -0.39 is 0 Å². The van der Waals surface area contributed by atoms with E-state index in [1.165, 1.54) is 28.4 Å². The fraction of sp³-hybridized carbons (Fsp3) is 0.231. The van der Waals surface area contributed by atoms with Crippen molar-refractivity contribution in [3.63, 3.8) is 0 Å². The maximum atomic E-state index is 2.25. The Kier molecular flexibility index (Phi) is 22.1. The zero-order valence-corrected chi connectivity index (χ0v) is 26.8. The highest BCUT2D eigenvalue weighted by Gasteiger charge is 2.10. The molecular weight excluding hydrogens is 496 g/mol. The van der Waals surface area contributed by atoms with Crippen LogP contribution in [0, 0.1) is 0 Å². The molecule has 0 aromatic heterocycles. The molecule has 2 heteroatoms. The Morgan fingerprint density at radius 3 is 0.634 bits per heavy atom. The first-order chi connectivity index (χ1) is 20.3. The molecule has 0 heterocycles. The lowest BCUT2D eigenvalue weighted by Crippen LogP contribution is -2.09. The van der Waals surface area contributed by atoms with Crippen LogP contribution in [-0.4, -0.2) is 7.05 Å². The monoisotopic (exact) mass is 548 g/mol. The average molecular weight is 549 g/mol. The molecular formula is C39H52N2. The topological polar surface area (TPSA) is 6.48 Å². The van der Waals surface area contributed by atoms with Crippen molar-refractivity contribution < 1.29 is 0 Å². The summed E-state index contributed by atoms with van der Waals surface area (Å²) >= 11 is 0. The summed E-state index contributed by atoms with van der Waals surface area (Å²) in [6.07, 6.45) is 0. The number of rotatable bonds is 5. The van der Waals surface area contributed by atoms with Gasteiger partial charge in [-0.15, -0.1) is 0 Å². The van der Waals surface area contributed by atoms with Crippen molar-refractivity contribution in [2.45, 2.75) is 55.4 Å². The molecule has 0 atom stereocenters. The first-order valence-corrected chi connectivity index (χ1v) is 15.1. The van der Waals surface area contributed by atoms with Gasteiger partial charge in [-0.25, -0.2) is 0 Å². The van der Waals surface area contributed by atoms with Crippen molar-refractivity contribution in [2.24, 2.45) is 0 Å². The van der Waals surface area contributed by atoms with E-state index in [0.29, 0.717) is 0 Å². The second-order valence-corrected chi connectivity index (χ2v) is 7.57. The summed E-state index contributed by atoms with van der Waals surface area (Å²) in [5.41, 5.74) is 5.91. The Labute approximate surface area is 251 Å². The van der Waals surface area contributed by atoms with E-state index in [-0.39, 0.29) is 0 Å². The summed E-state index contributed by atoms with van der Waals surface area (Å²) < 4.78 is 0. The van der Waals surface area contributed by atoms with E-state index in [1.807, 2.05) is 85.7 Å². The predicted molar refractivity (Wildman–Crippen MR) is 187 cm³/mol. The summed E-state index contributed by atoms with van der Waals surface area (Å²) in [6, 6.07) is 51.9. The third kappa shape index (κ3) is 13.1. The van der Waals surface area contributed by atoms with Gasteiger partial charge in [-0.05, 0) is 60.7 Å². The molecule has 5 aromatic carbocycles. The van der Waals surface area contributed by atoms with Gasteiger partial charge >= 0.3 is 0 Å². The van der Waals surface area contributed by atoms with Crippen LogP contribution in [0.3, 0.4) is 0 Å². The van der Waals surface area contributed by atoms with Gasteiger partial charge in [-0.1, -0.05) is 146 Å². The van der Waals surface area contributed by atoms with Gasteiger partial charge in [0.1, 0.15) is 0 Å². The van der Waals surface area contributed by atoms with Crippen LogP contribution in [0.5, 0.6) is 0 Å². The Hall–Kier alpha value is -4.30. The van der Waals surface area contributed by atoms with Crippen LogP contribution in [0.2, 0.25) is 0 Å². The van der Waals surface area contributed by atoms with Gasteiger partial charge in [-0.2, -0.15) is 0 Å². The maximum absolute atomic E-state index is 2.25. The van der Waals surface area contributed by atoms with Crippen molar-refractivity contribution >= 4 is 28.4 Å². The summed E-state index contributed by atoms with van der Waals surface area (Å²) in [7, 11) is 2.07. The molecule has 0 saturated carbocycles. The minimum atomic E-state index is 1.17. The molecule has 0 unspecified atom stereocenters. The molecule has 218 valence electrons. The summed E-state index contributed by atoms with van der Waals surface area (Å²) in [6.45, 7) is 16.0. The van der Waals surface area contributed by atoms with E-state index in [9.17, 15) is 0 Å². The van der Waals surface area contributed by atoms with Crippen molar-refractivity contribution in [2.75, 3.05) is 16.8 Å². The standard InChI is InChI=1S/C18H15N.C13H13N.4C2H6/c1-4-10-16(11-5-1)19(17-12-6-2-7-13-17)18-14-8-3-9-15-18;1-14(12-8-4-2-5-9-12)13-10-6-3-7-11-13;4*1-2/h1-15H;2-11H,1H3;4*1-2H3. The van der Waals surface area contributed by atoms with E-state index in [4.69, 9.17) is 0 Å². The van der Waals surface area contributed by atoms with Crippen molar-refractivity contribution in [1.29, 1.82) is 0 Å². The zero-order valence-electron chi connectivity index (χ0n) is 26.8. The number of nitrogens with zero attached hydrogens (tertiary/aromatic N) is 2. The van der Waals surface area contributed by atoms with Crippen LogP contribution in [0.4, 0.5) is 28.4 Å². The molecule has 0 bridgehead atoms. The quantitative estimate of drug-likeness (QED) is 0.215. The molecule has 0 amide bonds. The van der Waals surface area contributed by atoms with Gasteiger partial charge in [0.15, 0.2) is 0 Å². The van der Waals surface area contributed by atoms with Crippen molar-refractivity contribution in [3.8, 4) is 0 Å². The number of para-hydroxylation sites is 5. The highest BCUT2D eigenvalue weighted by Crippen LogP contribution is 2.33. The van der Waals surface area contributed by atoms with Crippen LogP contribution < -0.4 is 9.80 Å². The third-order valence-electron chi connectivity index (χ3n) is 5.33. The van der Waals surface area contributed by atoms with Gasteiger partial charge in [0.2, 0.25) is 0 Å². The maximum Gasteiger partial charge on any atom is 0.0461 e. The van der Waals surface area contributed by atoms with Gasteiger partial charge in [-0.3, -0.25) is 0 Å². The van der Waals surface area contributed by atoms with Crippen molar-refractivity contribution in [3.05, 3.63) is 152 Å². The van der Waals surface area contributed by atoms with Crippen LogP contribution in [0.15, 0.2) is 152 Å². The Morgan fingerprint density at radius 1 is 0.268 bits per heavy atom. The predicted octanol–water partition coefficient (Wildman–Crippen LogP) is 12.7. The van der Waals surface area contributed by atoms with E-state index in [0.717, 1.165) is 0 Å². The zero-order chi connectivity index (χ0) is 30.7. The lowest BCUT2D eigenvalue weighted by atomic mass is 10.2. The lowest BCUT2D eigenvalue weighted by molar-refractivity contribution is 1.21. The number of anilines is 5. The molecule has 0 N–H and O–H groups in total. The van der Waals surface area contributed by atoms with Crippen LogP contribution in [0.25, 0.3) is 0 Å². The molecule has 5 aromatic rings. The molecule has 2 nitrogen and oxygen atoms in total. The second-order valence-electron chi connectivity index (χ2n) is 7.57. The smallest absolute Gasteiger partial charge is 0.0461 e. The van der Waals surface area contributed by atoms with Gasteiger partial charge in [0.25, 0.3) is 0 Å². The minimum Gasteiger partial charge on any atom is -0.345 e. The lowest BCUT2D eigenvalue weighted by Gasteiger charge is -2.25. The largest absolute Gasteiger partial charge is 0.345 e. The molecule has 0 radical (unpaired) electrons. The molecule has 0 fully saturated rings. The molecule has 0 aliphatic carbocycles. The fourth-order valence-electron chi connectivity index (χ4n) is 3.63. The summed E-state index contributed by atoms with van der Waals surface area (Å²) in [4.78, 5) is 4.42. The normalized spacial score (nSPS) is 8.61. The van der Waals surface area contributed by atoms with Crippen LogP contribution >= 0.6 is 0 Å². The third-order valence-corrected chi connectivity index (χ3v) is 5.33. The summed E-state index contributed by atoms with van der Waals surface area (Å²) in [5.74, 6) is 0. The molecule has 41 heavy (non-hydrogen) atoms. The van der Waals surface area contributed by atoms with E-state index in [2.05, 4.69) is 138 Å². The van der Waals surface area contributed by atoms with Gasteiger partial charge in [0, 0.05) is 35.5 Å². The van der Waals surface area contributed by atoms with Crippen molar-refractivity contribution in [1.82, 2.24) is 0 Å². The van der Waals surface area contributed by atoms with E-state index in [1.54, 1.807) is 0 Å².